The molecule has 0 radical (unpaired) electrons. The summed E-state index contributed by atoms with van der Waals surface area (Å²) in [6.07, 6.45) is 3.88. The van der Waals surface area contributed by atoms with Crippen molar-refractivity contribution in [1.29, 1.82) is 0 Å². The van der Waals surface area contributed by atoms with Crippen LogP contribution < -0.4 is 5.32 Å². The number of amides is 1. The largest absolute Gasteiger partial charge is 0.380 e. The van der Waals surface area contributed by atoms with Gasteiger partial charge in [-0.05, 0) is 31.7 Å². The summed E-state index contributed by atoms with van der Waals surface area (Å²) in [5.74, 6) is 1.05. The van der Waals surface area contributed by atoms with Crippen LogP contribution in [0.15, 0.2) is 0 Å². The maximum absolute atomic E-state index is 11.7. The van der Waals surface area contributed by atoms with Crippen LogP contribution in [0.25, 0.3) is 0 Å². The highest BCUT2D eigenvalue weighted by atomic mass is 16.5. The summed E-state index contributed by atoms with van der Waals surface area (Å²) in [6, 6.07) is 0. The standard InChI is InChI=1S/C11H20N2O2/c1-15-10-4-5-13(8-10)11(14)7-12-6-9-2-3-9/h9-10,12H,2-8H2,1H3. The van der Waals surface area contributed by atoms with E-state index < -0.39 is 0 Å². The molecule has 1 saturated heterocycles. The predicted molar refractivity (Wildman–Crippen MR) is 57.6 cm³/mol. The van der Waals surface area contributed by atoms with E-state index in [0.29, 0.717) is 6.54 Å². The van der Waals surface area contributed by atoms with Crippen molar-refractivity contribution >= 4 is 5.91 Å². The molecule has 0 spiro atoms. The topological polar surface area (TPSA) is 41.6 Å². The molecule has 1 unspecified atom stereocenters. The van der Waals surface area contributed by atoms with Gasteiger partial charge in [-0.2, -0.15) is 0 Å². The molecule has 4 nitrogen and oxygen atoms in total. The van der Waals surface area contributed by atoms with E-state index in [2.05, 4.69) is 5.32 Å². The minimum Gasteiger partial charge on any atom is -0.380 e. The van der Waals surface area contributed by atoms with Crippen molar-refractivity contribution in [2.75, 3.05) is 33.3 Å². The third-order valence-corrected chi connectivity index (χ3v) is 3.24. The predicted octanol–water partition coefficient (Wildman–Crippen LogP) is 0.233. The van der Waals surface area contributed by atoms with Crippen LogP contribution in [-0.2, 0) is 9.53 Å². The molecule has 1 aliphatic heterocycles. The van der Waals surface area contributed by atoms with Gasteiger partial charge in [0.05, 0.1) is 12.6 Å². The highest BCUT2D eigenvalue weighted by molar-refractivity contribution is 5.78. The zero-order chi connectivity index (χ0) is 10.7. The van der Waals surface area contributed by atoms with Gasteiger partial charge in [-0.15, -0.1) is 0 Å². The third kappa shape index (κ3) is 3.18. The zero-order valence-electron chi connectivity index (χ0n) is 9.37. The normalized spacial score (nSPS) is 25.9. The number of nitrogens with zero attached hydrogens (tertiary/aromatic N) is 1. The highest BCUT2D eigenvalue weighted by Gasteiger charge is 2.26. The van der Waals surface area contributed by atoms with Gasteiger partial charge in [0.1, 0.15) is 0 Å². The Balaban J connectivity index is 1.62. The maximum atomic E-state index is 11.7. The summed E-state index contributed by atoms with van der Waals surface area (Å²) < 4.78 is 5.23. The van der Waals surface area contributed by atoms with E-state index in [-0.39, 0.29) is 12.0 Å². The molecule has 1 N–H and O–H groups in total. The zero-order valence-corrected chi connectivity index (χ0v) is 9.37. The van der Waals surface area contributed by atoms with Gasteiger partial charge in [-0.25, -0.2) is 0 Å². The van der Waals surface area contributed by atoms with E-state index in [1.807, 2.05) is 4.90 Å². The third-order valence-electron chi connectivity index (χ3n) is 3.24. The Morgan fingerprint density at radius 2 is 2.27 bits per heavy atom. The molecule has 86 valence electrons. The number of rotatable bonds is 5. The number of methoxy groups -OCH3 is 1. The average Bonchev–Trinajstić information content (AvgIpc) is 2.94. The van der Waals surface area contributed by atoms with Crippen LogP contribution in [0.1, 0.15) is 19.3 Å². The first-order valence-electron chi connectivity index (χ1n) is 5.81. The fourth-order valence-electron chi connectivity index (χ4n) is 1.96. The quantitative estimate of drug-likeness (QED) is 0.709. The number of carbonyl (C=O) groups is 1. The van der Waals surface area contributed by atoms with Crippen LogP contribution >= 0.6 is 0 Å². The molecule has 1 saturated carbocycles. The Bertz CT molecular complexity index is 229. The van der Waals surface area contributed by atoms with Gasteiger partial charge < -0.3 is 15.0 Å². The monoisotopic (exact) mass is 212 g/mol. The van der Waals surface area contributed by atoms with Crippen molar-refractivity contribution in [3.63, 3.8) is 0 Å². The van der Waals surface area contributed by atoms with Gasteiger partial charge in [0.15, 0.2) is 0 Å². The molecule has 0 aromatic rings. The lowest BCUT2D eigenvalue weighted by molar-refractivity contribution is -0.129. The van der Waals surface area contributed by atoms with E-state index in [1.54, 1.807) is 7.11 Å². The molecular weight excluding hydrogens is 192 g/mol. The van der Waals surface area contributed by atoms with Gasteiger partial charge in [-0.1, -0.05) is 0 Å². The molecule has 15 heavy (non-hydrogen) atoms. The number of hydrogen-bond acceptors (Lipinski definition) is 3. The van der Waals surface area contributed by atoms with E-state index in [4.69, 9.17) is 4.74 Å². The molecule has 2 aliphatic rings. The van der Waals surface area contributed by atoms with Crippen LogP contribution in [0, 0.1) is 5.92 Å². The second kappa shape index (κ2) is 4.94. The van der Waals surface area contributed by atoms with E-state index in [1.165, 1.54) is 12.8 Å². The molecule has 2 rings (SSSR count). The highest BCUT2D eigenvalue weighted by Crippen LogP contribution is 2.27. The smallest absolute Gasteiger partial charge is 0.236 e. The molecule has 1 heterocycles. The molecule has 1 amide bonds. The number of carbonyl (C=O) groups excluding carboxylic acids is 1. The van der Waals surface area contributed by atoms with Crippen LogP contribution in [0.3, 0.4) is 0 Å². The molecule has 1 aliphatic carbocycles. The Hall–Kier alpha value is -0.610. The lowest BCUT2D eigenvalue weighted by Crippen LogP contribution is -2.37. The van der Waals surface area contributed by atoms with Crippen LogP contribution in [0.5, 0.6) is 0 Å². The molecule has 0 bridgehead atoms. The Labute approximate surface area is 91.0 Å². The summed E-state index contributed by atoms with van der Waals surface area (Å²) in [6.45, 7) is 3.11. The molecule has 2 fully saturated rings. The van der Waals surface area contributed by atoms with Crippen LogP contribution in [0.4, 0.5) is 0 Å². The Kier molecular flexibility index (Phi) is 3.59. The van der Waals surface area contributed by atoms with Gasteiger partial charge in [0.25, 0.3) is 0 Å². The minimum atomic E-state index is 0.218. The van der Waals surface area contributed by atoms with Crippen molar-refractivity contribution in [3.8, 4) is 0 Å². The minimum absolute atomic E-state index is 0.218. The number of likely N-dealkylation sites (tertiary alicyclic amines) is 1. The first kappa shape index (κ1) is 10.9. The van der Waals surface area contributed by atoms with Crippen molar-refractivity contribution in [2.24, 2.45) is 5.92 Å². The van der Waals surface area contributed by atoms with Crippen LogP contribution in [0.2, 0.25) is 0 Å². The summed E-state index contributed by atoms with van der Waals surface area (Å²) in [5, 5.41) is 3.22. The van der Waals surface area contributed by atoms with Gasteiger partial charge in [-0.3, -0.25) is 4.79 Å². The van der Waals surface area contributed by atoms with Gasteiger partial charge in [0, 0.05) is 20.2 Å². The van der Waals surface area contributed by atoms with Gasteiger partial charge in [0.2, 0.25) is 5.91 Å². The lowest BCUT2D eigenvalue weighted by atomic mass is 10.3. The van der Waals surface area contributed by atoms with Crippen molar-refractivity contribution in [1.82, 2.24) is 10.2 Å². The Morgan fingerprint density at radius 3 is 2.87 bits per heavy atom. The molecule has 4 heteroatoms. The summed E-state index contributed by atoms with van der Waals surface area (Å²) in [7, 11) is 1.71. The average molecular weight is 212 g/mol. The first-order valence-corrected chi connectivity index (χ1v) is 5.81. The number of nitrogens with one attached hydrogen (secondary N) is 1. The summed E-state index contributed by atoms with van der Waals surface area (Å²) >= 11 is 0. The molecule has 1 atom stereocenters. The first-order chi connectivity index (χ1) is 7.29. The fourth-order valence-corrected chi connectivity index (χ4v) is 1.96. The van der Waals surface area contributed by atoms with Crippen LogP contribution in [-0.4, -0.2) is 50.2 Å². The van der Waals surface area contributed by atoms with E-state index in [0.717, 1.165) is 32.0 Å². The van der Waals surface area contributed by atoms with Gasteiger partial charge >= 0.3 is 0 Å². The second-order valence-corrected chi connectivity index (χ2v) is 4.56. The fraction of sp³-hybridized carbons (Fsp3) is 0.909. The molecule has 0 aromatic heterocycles. The summed E-state index contributed by atoms with van der Waals surface area (Å²) in [4.78, 5) is 13.6. The second-order valence-electron chi connectivity index (χ2n) is 4.56. The Morgan fingerprint density at radius 1 is 1.47 bits per heavy atom. The summed E-state index contributed by atoms with van der Waals surface area (Å²) in [5.41, 5.74) is 0. The number of hydrogen-bond donors (Lipinski definition) is 1. The van der Waals surface area contributed by atoms with E-state index in [9.17, 15) is 4.79 Å². The SMILES string of the molecule is COC1CCN(C(=O)CNCC2CC2)C1. The maximum Gasteiger partial charge on any atom is 0.236 e. The van der Waals surface area contributed by atoms with Crippen molar-refractivity contribution in [3.05, 3.63) is 0 Å². The van der Waals surface area contributed by atoms with E-state index >= 15 is 0 Å². The number of ether oxygens (including phenoxy) is 1. The lowest BCUT2D eigenvalue weighted by Gasteiger charge is -2.16. The molecular formula is C11H20N2O2. The van der Waals surface area contributed by atoms with Crippen molar-refractivity contribution < 1.29 is 9.53 Å². The molecule has 0 aromatic carbocycles. The van der Waals surface area contributed by atoms with Crippen molar-refractivity contribution in [2.45, 2.75) is 25.4 Å².